The van der Waals surface area contributed by atoms with Crippen molar-refractivity contribution in [2.75, 3.05) is 9.80 Å². The van der Waals surface area contributed by atoms with E-state index in [1.54, 1.807) is 0 Å². The molecule has 0 N–H and O–H groups in total. The van der Waals surface area contributed by atoms with Gasteiger partial charge in [-0.15, -0.1) is 0 Å². The molecule has 0 amide bonds. The van der Waals surface area contributed by atoms with Gasteiger partial charge in [0.15, 0.2) is 0 Å². The predicted octanol–water partition coefficient (Wildman–Crippen LogP) is 16.3. The van der Waals surface area contributed by atoms with Crippen molar-refractivity contribution in [2.45, 2.75) is 19.6 Å². The maximum absolute atomic E-state index is 2.45. The number of rotatable bonds is 4. The van der Waals surface area contributed by atoms with E-state index in [2.05, 4.69) is 216 Å². The summed E-state index contributed by atoms with van der Waals surface area (Å²) in [6, 6.07) is 76.0. The summed E-state index contributed by atoms with van der Waals surface area (Å²) in [5, 5.41) is 7.40. The molecule has 0 aliphatic carbocycles. The minimum Gasteiger partial charge on any atom is -0.308 e. The van der Waals surface area contributed by atoms with Crippen LogP contribution in [0.4, 0.5) is 34.1 Å². The summed E-state index contributed by atoms with van der Waals surface area (Å²) in [5.41, 5.74) is 12.0. The summed E-state index contributed by atoms with van der Waals surface area (Å²) in [5.74, 6) is 0. The van der Waals surface area contributed by atoms with Crippen molar-refractivity contribution in [1.29, 1.82) is 0 Å². The van der Waals surface area contributed by atoms with Crippen LogP contribution in [0.1, 0.15) is 0 Å². The van der Waals surface area contributed by atoms with Gasteiger partial charge in [-0.25, -0.2) is 0 Å². The van der Waals surface area contributed by atoms with Gasteiger partial charge < -0.3 is 9.80 Å². The normalized spacial score (nSPS) is 13.0. The van der Waals surface area contributed by atoms with E-state index in [4.69, 9.17) is 0 Å². The third-order valence-electron chi connectivity index (χ3n) is 11.6. The first kappa shape index (κ1) is 33.4. The summed E-state index contributed by atoms with van der Waals surface area (Å²) in [4.78, 5) is 9.92. The largest absolute Gasteiger partial charge is 0.308 e. The van der Waals surface area contributed by atoms with Crippen LogP contribution in [-0.2, 0) is 0 Å². The number of hydrogen-bond donors (Lipinski definition) is 0. The molecule has 0 spiro atoms. The Kier molecular flexibility index (Phi) is 7.75. The van der Waals surface area contributed by atoms with Crippen LogP contribution in [0.5, 0.6) is 0 Å². The Labute approximate surface area is 346 Å². The zero-order valence-corrected chi connectivity index (χ0v) is 33.0. The average molecular weight is 775 g/mol. The highest BCUT2D eigenvalue weighted by molar-refractivity contribution is 8.00. The zero-order chi connectivity index (χ0) is 38.2. The molecule has 0 unspecified atom stereocenters. The molecule has 2 aliphatic heterocycles. The van der Waals surface area contributed by atoms with E-state index in [0.29, 0.717) is 0 Å². The third-order valence-corrected chi connectivity index (χ3v) is 13.8. The molecule has 0 radical (unpaired) electrons. The molecule has 58 heavy (non-hydrogen) atoms. The third kappa shape index (κ3) is 5.22. The fourth-order valence-electron chi connectivity index (χ4n) is 9.10. The molecule has 4 heteroatoms. The molecule has 0 bridgehead atoms. The molecule has 0 atom stereocenters. The van der Waals surface area contributed by atoms with E-state index in [-0.39, 0.29) is 0 Å². The van der Waals surface area contributed by atoms with Gasteiger partial charge in [0, 0.05) is 31.0 Å². The second kappa shape index (κ2) is 13.5. The lowest BCUT2D eigenvalue weighted by atomic mass is 9.84. The van der Waals surface area contributed by atoms with E-state index in [0.717, 1.165) is 11.4 Å². The predicted molar refractivity (Wildman–Crippen MR) is 247 cm³/mol. The molecule has 0 saturated heterocycles. The second-order valence-corrected chi connectivity index (χ2v) is 17.0. The molecule has 0 aromatic heterocycles. The first-order valence-electron chi connectivity index (χ1n) is 19.7. The minimum atomic E-state index is 1.14. The molecular formula is C54H34N2S2. The van der Waals surface area contributed by atoms with Gasteiger partial charge in [-0.3, -0.25) is 0 Å². The number of hydrogen-bond acceptors (Lipinski definition) is 4. The van der Waals surface area contributed by atoms with E-state index < -0.39 is 0 Å². The lowest BCUT2D eigenvalue weighted by Crippen LogP contribution is -2.15. The molecule has 272 valence electrons. The Hall–Kier alpha value is -6.72. The van der Waals surface area contributed by atoms with Crippen LogP contribution in [0.2, 0.25) is 0 Å². The smallest absolute Gasteiger partial charge is 0.0601 e. The lowest BCUT2D eigenvalue weighted by molar-refractivity contribution is 1.17. The molecular weight excluding hydrogens is 741 g/mol. The van der Waals surface area contributed by atoms with Gasteiger partial charge in [-0.2, -0.15) is 0 Å². The monoisotopic (exact) mass is 774 g/mol. The van der Waals surface area contributed by atoms with Crippen molar-refractivity contribution in [3.63, 3.8) is 0 Å². The van der Waals surface area contributed by atoms with Crippen LogP contribution >= 0.6 is 23.5 Å². The summed E-state index contributed by atoms with van der Waals surface area (Å²) < 4.78 is 0. The summed E-state index contributed by atoms with van der Waals surface area (Å²) in [6.07, 6.45) is 0. The van der Waals surface area contributed by atoms with Crippen LogP contribution in [-0.4, -0.2) is 0 Å². The fourth-order valence-corrected chi connectivity index (χ4v) is 11.2. The van der Waals surface area contributed by atoms with Crippen LogP contribution in [0.15, 0.2) is 226 Å². The average Bonchev–Trinajstić information content (AvgIpc) is 3.29. The van der Waals surface area contributed by atoms with E-state index in [9.17, 15) is 0 Å². The van der Waals surface area contributed by atoms with Crippen LogP contribution in [0, 0.1) is 0 Å². The van der Waals surface area contributed by atoms with Crippen LogP contribution in [0.25, 0.3) is 54.6 Å². The first-order valence-corrected chi connectivity index (χ1v) is 21.3. The molecule has 2 heterocycles. The van der Waals surface area contributed by atoms with Crippen molar-refractivity contribution in [3.05, 3.63) is 206 Å². The highest BCUT2D eigenvalue weighted by atomic mass is 32.2. The van der Waals surface area contributed by atoms with E-state index in [1.807, 2.05) is 23.5 Å². The van der Waals surface area contributed by atoms with Crippen LogP contribution < -0.4 is 9.80 Å². The molecule has 10 aromatic rings. The molecule has 12 rings (SSSR count). The summed E-state index contributed by atoms with van der Waals surface area (Å²) in [7, 11) is 0. The molecule has 10 aromatic carbocycles. The maximum Gasteiger partial charge on any atom is 0.0601 e. The highest BCUT2D eigenvalue weighted by Crippen LogP contribution is 2.55. The Balaban J connectivity index is 1.21. The molecule has 0 saturated carbocycles. The van der Waals surface area contributed by atoms with Gasteiger partial charge in [-0.05, 0) is 127 Å². The Morgan fingerprint density at radius 2 is 0.724 bits per heavy atom. The van der Waals surface area contributed by atoms with Gasteiger partial charge in [0.2, 0.25) is 0 Å². The number of nitrogens with zero attached hydrogens (tertiary/aromatic N) is 2. The quantitative estimate of drug-likeness (QED) is 0.164. The second-order valence-electron chi connectivity index (χ2n) is 14.8. The fraction of sp³-hybridized carbons (Fsp3) is 0. The standard InChI is InChI=1S/C54H34N2S2/c1-2-16-36(17-3-1)53-43-33-37(55-45-21-6-10-25-49(45)57-50-26-11-7-22-46(50)55)29-31-41(43)54(40-20-14-18-35-15-4-5-19-39(35)40)42-32-30-38(34-44(42)53)56-47-23-8-12-27-51(47)58-52-28-13-9-24-48(52)56/h1-34H. The topological polar surface area (TPSA) is 6.48 Å². The summed E-state index contributed by atoms with van der Waals surface area (Å²) >= 11 is 3.69. The number of para-hydroxylation sites is 4. The molecule has 0 fully saturated rings. The lowest BCUT2D eigenvalue weighted by Gasteiger charge is -2.34. The van der Waals surface area contributed by atoms with Crippen molar-refractivity contribution >= 4 is 90.0 Å². The number of benzene rings is 10. The molecule has 2 nitrogen and oxygen atoms in total. The van der Waals surface area contributed by atoms with Crippen molar-refractivity contribution in [1.82, 2.24) is 0 Å². The minimum absolute atomic E-state index is 1.14. The Morgan fingerprint density at radius 1 is 0.293 bits per heavy atom. The van der Waals surface area contributed by atoms with Gasteiger partial charge in [0.1, 0.15) is 0 Å². The Morgan fingerprint density at radius 3 is 1.24 bits per heavy atom. The molecule has 2 aliphatic rings. The zero-order valence-electron chi connectivity index (χ0n) is 31.3. The van der Waals surface area contributed by atoms with Gasteiger partial charge in [-0.1, -0.05) is 157 Å². The van der Waals surface area contributed by atoms with Crippen LogP contribution in [0.3, 0.4) is 0 Å². The van der Waals surface area contributed by atoms with Gasteiger partial charge in [0.25, 0.3) is 0 Å². The van der Waals surface area contributed by atoms with Crippen molar-refractivity contribution in [2.24, 2.45) is 0 Å². The Bertz CT molecular complexity index is 3010. The SMILES string of the molecule is c1ccc(-c2c3cc(N4c5ccccc5Sc5ccccc54)ccc3c(-c3cccc4ccccc34)c3ccc(N4c5ccccc5Sc5ccccc54)cc23)cc1. The number of fused-ring (bicyclic) bond motifs is 7. The van der Waals surface area contributed by atoms with Crippen molar-refractivity contribution < 1.29 is 0 Å². The van der Waals surface area contributed by atoms with E-state index in [1.165, 1.54) is 96.9 Å². The van der Waals surface area contributed by atoms with Gasteiger partial charge in [0.05, 0.1) is 22.7 Å². The first-order chi connectivity index (χ1) is 28.8. The summed E-state index contributed by atoms with van der Waals surface area (Å²) in [6.45, 7) is 0. The van der Waals surface area contributed by atoms with Crippen molar-refractivity contribution in [3.8, 4) is 22.3 Å². The maximum atomic E-state index is 2.45. The highest BCUT2D eigenvalue weighted by Gasteiger charge is 2.28. The van der Waals surface area contributed by atoms with Gasteiger partial charge >= 0.3 is 0 Å². The van der Waals surface area contributed by atoms with E-state index >= 15 is 0 Å². The number of anilines is 6.